The Balaban J connectivity index is 1.67. The molecular formula is C24H18ClFN4S. The van der Waals surface area contributed by atoms with Crippen molar-refractivity contribution in [3.63, 3.8) is 0 Å². The molecule has 0 radical (unpaired) electrons. The lowest BCUT2D eigenvalue weighted by Gasteiger charge is -2.29. The number of anilines is 1. The van der Waals surface area contributed by atoms with E-state index in [0.717, 1.165) is 22.8 Å². The highest BCUT2D eigenvalue weighted by molar-refractivity contribution is 7.80. The first kappa shape index (κ1) is 19.7. The molecule has 2 unspecified atom stereocenters. The summed E-state index contributed by atoms with van der Waals surface area (Å²) in [5.74, 6) is -0.444. The molecule has 154 valence electrons. The molecule has 31 heavy (non-hydrogen) atoms. The van der Waals surface area contributed by atoms with Crippen LogP contribution in [0.3, 0.4) is 0 Å². The summed E-state index contributed by atoms with van der Waals surface area (Å²) < 4.78 is 15.8. The molecule has 1 saturated heterocycles. The molecule has 1 aliphatic heterocycles. The number of aromatic nitrogens is 2. The molecule has 4 nitrogen and oxygen atoms in total. The van der Waals surface area contributed by atoms with Crippen LogP contribution in [0.2, 0.25) is 5.02 Å². The van der Waals surface area contributed by atoms with Crippen LogP contribution in [0.1, 0.15) is 23.5 Å². The van der Waals surface area contributed by atoms with Crippen molar-refractivity contribution in [1.29, 1.82) is 0 Å². The average Bonchev–Trinajstić information content (AvgIpc) is 3.41. The quantitative estimate of drug-likeness (QED) is 0.397. The van der Waals surface area contributed by atoms with Crippen LogP contribution in [0.5, 0.6) is 0 Å². The number of hydrogen-bond donors (Lipinski definition) is 1. The van der Waals surface area contributed by atoms with Crippen LogP contribution in [-0.2, 0) is 0 Å². The molecule has 4 aromatic rings. The van der Waals surface area contributed by atoms with Gasteiger partial charge in [-0.25, -0.2) is 4.39 Å². The highest BCUT2D eigenvalue weighted by Crippen LogP contribution is 2.42. The SMILES string of the molecule is Fc1ccc(-n2cccc2C2C(c3ccccn3)NC(=S)N2c2ccccc2)cc1Cl. The van der Waals surface area contributed by atoms with Gasteiger partial charge in [-0.15, -0.1) is 0 Å². The first-order chi connectivity index (χ1) is 15.1. The van der Waals surface area contributed by atoms with E-state index in [2.05, 4.69) is 15.2 Å². The zero-order valence-corrected chi connectivity index (χ0v) is 17.9. The van der Waals surface area contributed by atoms with Crippen LogP contribution in [0.25, 0.3) is 5.69 Å². The van der Waals surface area contributed by atoms with Crippen LogP contribution < -0.4 is 10.2 Å². The van der Waals surface area contributed by atoms with Crippen molar-refractivity contribution in [1.82, 2.24) is 14.9 Å². The summed E-state index contributed by atoms with van der Waals surface area (Å²) in [5, 5.41) is 4.16. The van der Waals surface area contributed by atoms with Crippen molar-refractivity contribution in [2.75, 3.05) is 4.90 Å². The fourth-order valence-electron chi connectivity index (χ4n) is 4.03. The Morgan fingerprint density at radius 3 is 2.48 bits per heavy atom. The van der Waals surface area contributed by atoms with Gasteiger partial charge >= 0.3 is 0 Å². The third-order valence-electron chi connectivity index (χ3n) is 5.40. The molecule has 0 amide bonds. The smallest absolute Gasteiger partial charge is 0.174 e. The molecule has 1 N–H and O–H groups in total. The van der Waals surface area contributed by atoms with Crippen molar-refractivity contribution in [2.24, 2.45) is 0 Å². The van der Waals surface area contributed by atoms with E-state index in [1.165, 1.54) is 6.07 Å². The second kappa shape index (κ2) is 8.13. The Bertz CT molecular complexity index is 1230. The molecule has 2 aromatic heterocycles. The van der Waals surface area contributed by atoms with Crippen molar-refractivity contribution in [3.8, 4) is 5.69 Å². The minimum absolute atomic E-state index is 0.0819. The van der Waals surface area contributed by atoms with Crippen molar-refractivity contribution < 1.29 is 4.39 Å². The van der Waals surface area contributed by atoms with Gasteiger partial charge in [-0.05, 0) is 66.8 Å². The third kappa shape index (κ3) is 3.58. The second-order valence-electron chi connectivity index (χ2n) is 7.23. The molecule has 1 aliphatic rings. The number of rotatable bonds is 4. The Kier molecular flexibility index (Phi) is 5.18. The number of nitrogens with one attached hydrogen (secondary N) is 1. The van der Waals surface area contributed by atoms with Crippen LogP contribution in [0.15, 0.2) is 91.3 Å². The molecule has 7 heteroatoms. The van der Waals surface area contributed by atoms with Crippen molar-refractivity contribution in [2.45, 2.75) is 12.1 Å². The third-order valence-corrected chi connectivity index (χ3v) is 6.00. The zero-order valence-electron chi connectivity index (χ0n) is 16.3. The standard InChI is InChI=1S/C24H18ClFN4S/c25-18-15-17(11-12-19(18)26)29-14-6-10-21(29)23-22(20-9-4-5-13-27-20)28-24(31)30(23)16-7-2-1-3-8-16/h1-15,22-23H,(H,28,31). The predicted molar refractivity (Wildman–Crippen MR) is 125 cm³/mol. The first-order valence-electron chi connectivity index (χ1n) is 9.82. The van der Waals surface area contributed by atoms with Gasteiger partial charge in [-0.2, -0.15) is 0 Å². The van der Waals surface area contributed by atoms with Crippen molar-refractivity contribution >= 4 is 34.6 Å². The van der Waals surface area contributed by atoms with Gasteiger partial charge in [0.1, 0.15) is 11.9 Å². The fraction of sp³-hybridized carbons (Fsp3) is 0.0833. The molecule has 0 spiro atoms. The summed E-state index contributed by atoms with van der Waals surface area (Å²) in [5.41, 5.74) is 3.62. The topological polar surface area (TPSA) is 33.1 Å². The molecular weight excluding hydrogens is 431 g/mol. The molecule has 0 saturated carbocycles. The summed E-state index contributed by atoms with van der Waals surface area (Å²) >= 11 is 11.8. The lowest BCUT2D eigenvalue weighted by molar-refractivity contribution is 0.549. The lowest BCUT2D eigenvalue weighted by Crippen LogP contribution is -2.30. The normalized spacial score (nSPS) is 18.3. The molecule has 3 heterocycles. The summed E-state index contributed by atoms with van der Waals surface area (Å²) in [7, 11) is 0. The molecule has 0 bridgehead atoms. The molecule has 2 aromatic carbocycles. The second-order valence-corrected chi connectivity index (χ2v) is 8.03. The number of pyridine rings is 1. The fourth-order valence-corrected chi connectivity index (χ4v) is 4.55. The van der Waals surface area contributed by atoms with E-state index in [4.69, 9.17) is 23.8 Å². The van der Waals surface area contributed by atoms with Gasteiger partial charge in [0.05, 0.1) is 16.8 Å². The van der Waals surface area contributed by atoms with Gasteiger partial charge in [-0.3, -0.25) is 4.98 Å². The van der Waals surface area contributed by atoms with E-state index < -0.39 is 5.82 Å². The minimum Gasteiger partial charge on any atom is -0.351 e. The predicted octanol–water partition coefficient (Wildman–Crippen LogP) is 5.84. The molecule has 0 aliphatic carbocycles. The number of hydrogen-bond acceptors (Lipinski definition) is 2. The van der Waals surface area contributed by atoms with Crippen molar-refractivity contribution in [3.05, 3.63) is 113 Å². The summed E-state index contributed by atoms with van der Waals surface area (Å²) in [4.78, 5) is 6.69. The van der Waals surface area contributed by atoms with E-state index in [-0.39, 0.29) is 17.1 Å². The van der Waals surface area contributed by atoms with Crippen LogP contribution in [0.4, 0.5) is 10.1 Å². The van der Waals surface area contributed by atoms with Crippen LogP contribution in [-0.4, -0.2) is 14.7 Å². The molecule has 2 atom stereocenters. The first-order valence-corrected chi connectivity index (χ1v) is 10.6. The Morgan fingerprint density at radius 2 is 1.74 bits per heavy atom. The van der Waals surface area contributed by atoms with Gasteiger partial charge in [0, 0.05) is 29.5 Å². The monoisotopic (exact) mass is 448 g/mol. The molecule has 5 rings (SSSR count). The highest BCUT2D eigenvalue weighted by atomic mass is 35.5. The number of benzene rings is 2. The van der Waals surface area contributed by atoms with Gasteiger partial charge < -0.3 is 14.8 Å². The lowest BCUT2D eigenvalue weighted by atomic mass is 10.0. The summed E-state index contributed by atoms with van der Waals surface area (Å²) in [6.07, 6.45) is 3.72. The Labute approximate surface area is 189 Å². The minimum atomic E-state index is -0.444. The maximum absolute atomic E-state index is 13.8. The zero-order chi connectivity index (χ0) is 21.4. The van der Waals surface area contributed by atoms with Gasteiger partial charge in [0.2, 0.25) is 0 Å². The highest BCUT2D eigenvalue weighted by Gasteiger charge is 2.42. The van der Waals surface area contributed by atoms with Gasteiger partial charge in [0.25, 0.3) is 0 Å². The largest absolute Gasteiger partial charge is 0.351 e. The van der Waals surface area contributed by atoms with E-state index in [9.17, 15) is 4.39 Å². The number of halogens is 2. The van der Waals surface area contributed by atoms with Gasteiger partial charge in [0.15, 0.2) is 5.11 Å². The molecule has 1 fully saturated rings. The Morgan fingerprint density at radius 1 is 0.935 bits per heavy atom. The number of nitrogens with zero attached hydrogens (tertiary/aromatic N) is 3. The van der Waals surface area contributed by atoms with E-state index in [1.54, 1.807) is 18.3 Å². The number of thiocarbonyl (C=S) groups is 1. The van der Waals surface area contributed by atoms with Gasteiger partial charge in [-0.1, -0.05) is 35.9 Å². The maximum Gasteiger partial charge on any atom is 0.174 e. The maximum atomic E-state index is 13.8. The van der Waals surface area contributed by atoms with Crippen LogP contribution in [0, 0.1) is 5.82 Å². The Hall–Kier alpha value is -3.22. The van der Waals surface area contributed by atoms with E-state index in [0.29, 0.717) is 5.11 Å². The van der Waals surface area contributed by atoms with Crippen LogP contribution >= 0.6 is 23.8 Å². The summed E-state index contributed by atoms with van der Waals surface area (Å²) in [6, 6.07) is 24.3. The number of para-hydroxylation sites is 1. The van der Waals surface area contributed by atoms with E-state index in [1.807, 2.05) is 71.4 Å². The summed E-state index contributed by atoms with van der Waals surface area (Å²) in [6.45, 7) is 0. The average molecular weight is 449 g/mol. The van der Waals surface area contributed by atoms with E-state index >= 15 is 0 Å².